The van der Waals surface area contributed by atoms with Crippen LogP contribution in [0.4, 0.5) is 5.82 Å². The second-order valence-corrected chi connectivity index (χ2v) is 5.24. The van der Waals surface area contributed by atoms with Crippen molar-refractivity contribution in [2.24, 2.45) is 0 Å². The highest BCUT2D eigenvalue weighted by Crippen LogP contribution is 2.25. The third-order valence-electron chi connectivity index (χ3n) is 2.77. The van der Waals surface area contributed by atoms with Gasteiger partial charge in [-0.15, -0.1) is 0 Å². The Bertz CT molecular complexity index is 627. The molecule has 1 aromatic carbocycles. The van der Waals surface area contributed by atoms with Crippen LogP contribution < -0.4 is 11.1 Å². The lowest BCUT2D eigenvalue weighted by atomic mass is 10.1. The molecular formula is C13H14Cl2N4O. The fourth-order valence-corrected chi connectivity index (χ4v) is 2.40. The van der Waals surface area contributed by atoms with Gasteiger partial charge in [-0.05, 0) is 30.7 Å². The normalized spacial score (nSPS) is 12.2. The van der Waals surface area contributed by atoms with Crippen LogP contribution in [-0.2, 0) is 11.3 Å². The number of rotatable bonds is 4. The van der Waals surface area contributed by atoms with Crippen molar-refractivity contribution in [2.45, 2.75) is 19.5 Å². The molecular weight excluding hydrogens is 299 g/mol. The van der Waals surface area contributed by atoms with Crippen LogP contribution in [0.15, 0.2) is 30.5 Å². The zero-order valence-electron chi connectivity index (χ0n) is 10.8. The van der Waals surface area contributed by atoms with E-state index in [9.17, 15) is 4.79 Å². The summed E-state index contributed by atoms with van der Waals surface area (Å²) in [6.07, 6.45) is 1.65. The highest BCUT2D eigenvalue weighted by molar-refractivity contribution is 6.35. The summed E-state index contributed by atoms with van der Waals surface area (Å²) in [5.74, 6) is 0.207. The van der Waals surface area contributed by atoms with Crippen LogP contribution in [-0.4, -0.2) is 15.7 Å². The summed E-state index contributed by atoms with van der Waals surface area (Å²) in [7, 11) is 0. The Balaban J connectivity index is 2.00. The maximum atomic E-state index is 11.9. The van der Waals surface area contributed by atoms with Gasteiger partial charge < -0.3 is 11.1 Å². The number of carbonyl (C=O) groups excluding carboxylic acids is 1. The molecule has 0 saturated heterocycles. The van der Waals surface area contributed by atoms with Gasteiger partial charge in [0.05, 0.1) is 6.04 Å². The number of halogens is 2. The van der Waals surface area contributed by atoms with Gasteiger partial charge >= 0.3 is 0 Å². The number of nitrogens with zero attached hydrogens (tertiary/aromatic N) is 2. The van der Waals surface area contributed by atoms with E-state index in [0.29, 0.717) is 15.9 Å². The number of aromatic nitrogens is 2. The summed E-state index contributed by atoms with van der Waals surface area (Å²) in [4.78, 5) is 11.9. The molecule has 0 saturated carbocycles. The summed E-state index contributed by atoms with van der Waals surface area (Å²) in [5.41, 5.74) is 6.30. The van der Waals surface area contributed by atoms with Crippen molar-refractivity contribution < 1.29 is 4.79 Å². The van der Waals surface area contributed by atoms with E-state index in [2.05, 4.69) is 10.4 Å². The number of hydrogen-bond donors (Lipinski definition) is 2. The van der Waals surface area contributed by atoms with Crippen molar-refractivity contribution in [3.63, 3.8) is 0 Å². The second kappa shape index (κ2) is 6.15. The highest BCUT2D eigenvalue weighted by atomic mass is 35.5. The first-order chi connectivity index (χ1) is 9.45. The predicted octanol–water partition coefficient (Wildman–Crippen LogP) is 2.65. The second-order valence-electron chi connectivity index (χ2n) is 4.39. The van der Waals surface area contributed by atoms with Crippen molar-refractivity contribution in [2.75, 3.05) is 5.73 Å². The van der Waals surface area contributed by atoms with Crippen LogP contribution in [0.3, 0.4) is 0 Å². The summed E-state index contributed by atoms with van der Waals surface area (Å²) in [6, 6.07) is 6.59. The van der Waals surface area contributed by atoms with E-state index < -0.39 is 0 Å². The molecule has 20 heavy (non-hydrogen) atoms. The van der Waals surface area contributed by atoms with Crippen molar-refractivity contribution in [3.8, 4) is 0 Å². The molecule has 1 unspecified atom stereocenters. The molecule has 1 atom stereocenters. The van der Waals surface area contributed by atoms with Gasteiger partial charge in [-0.25, -0.2) is 0 Å². The van der Waals surface area contributed by atoms with E-state index in [-0.39, 0.29) is 18.5 Å². The molecule has 0 spiro atoms. The number of carbonyl (C=O) groups is 1. The van der Waals surface area contributed by atoms with Gasteiger partial charge in [-0.2, -0.15) is 5.10 Å². The van der Waals surface area contributed by atoms with Gasteiger partial charge in [0.15, 0.2) is 0 Å². The molecule has 2 rings (SSSR count). The van der Waals surface area contributed by atoms with Crippen LogP contribution in [0.1, 0.15) is 18.5 Å². The van der Waals surface area contributed by atoms with Gasteiger partial charge in [-0.1, -0.05) is 29.3 Å². The van der Waals surface area contributed by atoms with Crippen LogP contribution in [0.5, 0.6) is 0 Å². The van der Waals surface area contributed by atoms with Gasteiger partial charge in [0.2, 0.25) is 5.91 Å². The molecule has 3 N–H and O–H groups in total. The van der Waals surface area contributed by atoms with E-state index in [1.54, 1.807) is 30.5 Å². The fraction of sp³-hybridized carbons (Fsp3) is 0.231. The maximum Gasteiger partial charge on any atom is 0.242 e. The summed E-state index contributed by atoms with van der Waals surface area (Å²) < 4.78 is 1.47. The van der Waals surface area contributed by atoms with Gasteiger partial charge in [0, 0.05) is 16.2 Å². The fourth-order valence-electron chi connectivity index (χ4n) is 1.83. The van der Waals surface area contributed by atoms with Crippen molar-refractivity contribution >= 4 is 34.9 Å². The molecule has 1 aromatic heterocycles. The number of nitrogens with one attached hydrogen (secondary N) is 1. The number of anilines is 1. The molecule has 7 heteroatoms. The molecule has 1 amide bonds. The van der Waals surface area contributed by atoms with E-state index in [0.717, 1.165) is 5.56 Å². The summed E-state index contributed by atoms with van der Waals surface area (Å²) >= 11 is 11.9. The van der Waals surface area contributed by atoms with Gasteiger partial charge in [0.1, 0.15) is 12.4 Å². The zero-order chi connectivity index (χ0) is 14.7. The van der Waals surface area contributed by atoms with Crippen LogP contribution >= 0.6 is 23.2 Å². The smallest absolute Gasteiger partial charge is 0.242 e. The Morgan fingerprint density at radius 2 is 2.20 bits per heavy atom. The van der Waals surface area contributed by atoms with Crippen molar-refractivity contribution in [1.82, 2.24) is 15.1 Å². The minimum absolute atomic E-state index is 0.104. The lowest BCUT2D eigenvalue weighted by molar-refractivity contribution is -0.122. The molecule has 0 fully saturated rings. The number of benzene rings is 1. The monoisotopic (exact) mass is 312 g/mol. The topological polar surface area (TPSA) is 72.9 Å². The summed E-state index contributed by atoms with van der Waals surface area (Å²) in [5, 5.41) is 7.88. The average molecular weight is 313 g/mol. The minimum Gasteiger partial charge on any atom is -0.382 e. The zero-order valence-corrected chi connectivity index (χ0v) is 12.3. The molecule has 0 aliphatic rings. The maximum absolute atomic E-state index is 11.9. The molecule has 0 bridgehead atoms. The van der Waals surface area contributed by atoms with Gasteiger partial charge in [-0.3, -0.25) is 9.48 Å². The Morgan fingerprint density at radius 3 is 2.80 bits per heavy atom. The van der Waals surface area contributed by atoms with E-state index in [1.165, 1.54) is 4.68 Å². The molecule has 106 valence electrons. The van der Waals surface area contributed by atoms with Gasteiger partial charge in [0.25, 0.3) is 0 Å². The largest absolute Gasteiger partial charge is 0.382 e. The lowest BCUT2D eigenvalue weighted by Gasteiger charge is -2.16. The number of nitrogens with two attached hydrogens (primary N) is 1. The van der Waals surface area contributed by atoms with Crippen LogP contribution in [0.2, 0.25) is 10.0 Å². The minimum atomic E-state index is -0.222. The average Bonchev–Trinajstić information content (AvgIpc) is 2.74. The van der Waals surface area contributed by atoms with Crippen LogP contribution in [0.25, 0.3) is 0 Å². The SMILES string of the molecule is CC(NC(=O)Cn1ccc(N)n1)c1ccc(Cl)cc1Cl. The Labute approximate surface area is 126 Å². The third kappa shape index (κ3) is 3.65. The Kier molecular flexibility index (Phi) is 4.52. The molecule has 5 nitrogen and oxygen atoms in total. The molecule has 0 radical (unpaired) electrons. The van der Waals surface area contributed by atoms with Crippen molar-refractivity contribution in [1.29, 1.82) is 0 Å². The molecule has 0 aliphatic heterocycles. The number of hydrogen-bond acceptors (Lipinski definition) is 3. The first-order valence-corrected chi connectivity index (χ1v) is 6.74. The van der Waals surface area contributed by atoms with E-state index >= 15 is 0 Å². The standard InChI is InChI=1S/C13H14Cl2N4O/c1-8(10-3-2-9(14)6-11(10)15)17-13(20)7-19-5-4-12(16)18-19/h2-6,8H,7H2,1H3,(H2,16,18)(H,17,20). The van der Waals surface area contributed by atoms with Crippen molar-refractivity contribution in [3.05, 3.63) is 46.1 Å². The Morgan fingerprint density at radius 1 is 1.45 bits per heavy atom. The van der Waals surface area contributed by atoms with E-state index in [4.69, 9.17) is 28.9 Å². The van der Waals surface area contributed by atoms with E-state index in [1.807, 2.05) is 6.92 Å². The Hall–Kier alpha value is -1.72. The molecule has 1 heterocycles. The predicted molar refractivity (Wildman–Crippen MR) is 79.7 cm³/mol. The quantitative estimate of drug-likeness (QED) is 0.911. The molecule has 2 aromatic rings. The first kappa shape index (κ1) is 14.7. The molecule has 0 aliphatic carbocycles. The highest BCUT2D eigenvalue weighted by Gasteiger charge is 2.13. The summed E-state index contributed by atoms with van der Waals surface area (Å²) in [6.45, 7) is 1.96. The number of amides is 1. The lowest BCUT2D eigenvalue weighted by Crippen LogP contribution is -2.30. The third-order valence-corrected chi connectivity index (χ3v) is 3.34. The first-order valence-electron chi connectivity index (χ1n) is 5.99. The number of nitrogen functional groups attached to an aromatic ring is 1. The van der Waals surface area contributed by atoms with Crippen LogP contribution in [0, 0.1) is 0 Å².